The maximum absolute atomic E-state index is 12.4. The van der Waals surface area contributed by atoms with Crippen LogP contribution < -0.4 is 10.0 Å². The Morgan fingerprint density at radius 2 is 1.92 bits per heavy atom. The highest BCUT2D eigenvalue weighted by Crippen LogP contribution is 2.28. The van der Waals surface area contributed by atoms with Gasteiger partial charge in [0.2, 0.25) is 0 Å². The summed E-state index contributed by atoms with van der Waals surface area (Å²) >= 11 is 0. The van der Waals surface area contributed by atoms with Crippen LogP contribution in [0.25, 0.3) is 28.2 Å². The lowest BCUT2D eigenvalue weighted by molar-refractivity contribution is 0.0398. The van der Waals surface area contributed by atoms with Crippen molar-refractivity contribution in [3.05, 3.63) is 59.2 Å². The number of fused-ring (bicyclic) bond motifs is 1. The molecule has 0 bridgehead atoms. The number of furan rings is 1. The molecule has 196 valence electrons. The Bertz CT molecular complexity index is 1390. The van der Waals surface area contributed by atoms with Gasteiger partial charge in [-0.25, -0.2) is 13.1 Å². The molecule has 0 aliphatic carbocycles. The number of morpholine rings is 1. The number of hydrogen-bond acceptors (Lipinski definition) is 8. The number of benzene rings is 2. The number of aliphatic hydroxyl groups is 1. The topological polar surface area (TPSA) is 128 Å². The number of aliphatic hydroxyl groups excluding tert-OH is 1. The van der Waals surface area contributed by atoms with Gasteiger partial charge in [-0.3, -0.25) is 4.90 Å². The summed E-state index contributed by atoms with van der Waals surface area (Å²) in [6.45, 7) is 6.95. The van der Waals surface area contributed by atoms with Gasteiger partial charge < -0.3 is 19.6 Å². The Morgan fingerprint density at radius 1 is 1.16 bits per heavy atom. The highest BCUT2D eigenvalue weighted by atomic mass is 32.2. The zero-order chi connectivity index (χ0) is 26.3. The van der Waals surface area contributed by atoms with E-state index < -0.39 is 14.9 Å². The standard InChI is InChI=1S/C27H32N4O5S/c1-20(19-32)18-30-37(33,34)26(17-28)16-25-6-7-27(36-25)23-3-2-22-15-24(5-4-21(22)14-23)29-8-9-31-10-12-35-13-11-31/h2-7,14-16,20,29-30,32H,8-13,18-19H2,1H3/b26-16+. The monoisotopic (exact) mass is 524 g/mol. The minimum absolute atomic E-state index is 0.0312. The highest BCUT2D eigenvalue weighted by molar-refractivity contribution is 7.93. The fourth-order valence-corrected chi connectivity index (χ4v) is 5.02. The quantitative estimate of drug-likeness (QED) is 0.326. The minimum Gasteiger partial charge on any atom is -0.457 e. The van der Waals surface area contributed by atoms with E-state index in [0.717, 1.165) is 61.4 Å². The Labute approximate surface area is 217 Å². The third kappa shape index (κ3) is 7.19. The number of anilines is 1. The van der Waals surface area contributed by atoms with Gasteiger partial charge in [-0.2, -0.15) is 5.26 Å². The summed E-state index contributed by atoms with van der Waals surface area (Å²) in [6, 6.07) is 17.3. The Morgan fingerprint density at radius 3 is 2.68 bits per heavy atom. The van der Waals surface area contributed by atoms with E-state index in [1.54, 1.807) is 25.1 Å². The van der Waals surface area contributed by atoms with Gasteiger partial charge in [-0.05, 0) is 47.0 Å². The molecule has 4 rings (SSSR count). The molecule has 2 heterocycles. The molecule has 1 fully saturated rings. The molecular formula is C27H32N4O5S. The van der Waals surface area contributed by atoms with Gasteiger partial charge >= 0.3 is 0 Å². The van der Waals surface area contributed by atoms with E-state index >= 15 is 0 Å². The maximum Gasteiger partial charge on any atom is 0.250 e. The first-order chi connectivity index (χ1) is 17.9. The molecular weight excluding hydrogens is 492 g/mol. The molecule has 1 unspecified atom stereocenters. The molecule has 10 heteroatoms. The van der Waals surface area contributed by atoms with Crippen molar-refractivity contribution in [1.82, 2.24) is 9.62 Å². The molecule has 0 radical (unpaired) electrons. The van der Waals surface area contributed by atoms with E-state index in [2.05, 4.69) is 33.1 Å². The van der Waals surface area contributed by atoms with Crippen LogP contribution in [0.15, 0.2) is 57.9 Å². The second-order valence-corrected chi connectivity index (χ2v) is 10.9. The summed E-state index contributed by atoms with van der Waals surface area (Å²) in [5, 5.41) is 24.1. The van der Waals surface area contributed by atoms with Crippen LogP contribution in [0.2, 0.25) is 0 Å². The van der Waals surface area contributed by atoms with Gasteiger partial charge in [-0.15, -0.1) is 0 Å². The van der Waals surface area contributed by atoms with E-state index in [0.29, 0.717) is 5.76 Å². The number of rotatable bonds is 11. The van der Waals surface area contributed by atoms with Crippen molar-refractivity contribution < 1.29 is 22.7 Å². The van der Waals surface area contributed by atoms with Gasteiger partial charge in [0.05, 0.1) is 13.2 Å². The predicted octanol–water partition coefficient (Wildman–Crippen LogP) is 3.26. The van der Waals surface area contributed by atoms with Crippen LogP contribution in [-0.2, 0) is 14.8 Å². The van der Waals surface area contributed by atoms with E-state index in [-0.39, 0.29) is 24.8 Å². The predicted molar refractivity (Wildman–Crippen MR) is 144 cm³/mol. The second kappa shape index (κ2) is 12.4. The minimum atomic E-state index is -4.01. The third-order valence-corrected chi connectivity index (χ3v) is 7.55. The molecule has 37 heavy (non-hydrogen) atoms. The number of nitriles is 1. The fraction of sp³-hybridized carbons (Fsp3) is 0.370. The van der Waals surface area contributed by atoms with Gasteiger partial charge in [0.25, 0.3) is 10.0 Å². The summed E-state index contributed by atoms with van der Waals surface area (Å²) in [5.74, 6) is 0.559. The van der Waals surface area contributed by atoms with Crippen molar-refractivity contribution in [2.24, 2.45) is 5.92 Å². The summed E-state index contributed by atoms with van der Waals surface area (Å²) in [7, 11) is -4.01. The van der Waals surface area contributed by atoms with Crippen molar-refractivity contribution in [2.75, 3.05) is 57.9 Å². The molecule has 2 aromatic carbocycles. The lowest BCUT2D eigenvalue weighted by Crippen LogP contribution is -2.38. The normalized spacial score (nSPS) is 16.0. The van der Waals surface area contributed by atoms with Gasteiger partial charge in [0.1, 0.15) is 17.6 Å². The van der Waals surface area contributed by atoms with Gasteiger partial charge in [-0.1, -0.05) is 25.1 Å². The Hall–Kier alpha value is -3.20. The Balaban J connectivity index is 1.43. The SMILES string of the molecule is CC(CO)CNS(=O)(=O)/C(C#N)=C/c1ccc(-c2ccc3cc(NCCN4CCOCC4)ccc3c2)o1. The molecule has 1 aromatic heterocycles. The van der Waals surface area contributed by atoms with Crippen molar-refractivity contribution in [1.29, 1.82) is 5.26 Å². The first-order valence-corrected chi connectivity index (χ1v) is 13.8. The average molecular weight is 525 g/mol. The largest absolute Gasteiger partial charge is 0.457 e. The molecule has 1 aliphatic rings. The number of nitrogens with one attached hydrogen (secondary N) is 2. The fourth-order valence-electron chi connectivity index (χ4n) is 3.97. The first kappa shape index (κ1) is 26.9. The van der Waals surface area contributed by atoms with Crippen LogP contribution in [0.3, 0.4) is 0 Å². The molecule has 1 saturated heterocycles. The van der Waals surface area contributed by atoms with Crippen LogP contribution in [-0.4, -0.2) is 71.0 Å². The van der Waals surface area contributed by atoms with Crippen LogP contribution in [0.5, 0.6) is 0 Å². The van der Waals surface area contributed by atoms with E-state index in [1.807, 2.05) is 18.2 Å². The van der Waals surface area contributed by atoms with Crippen molar-refractivity contribution >= 4 is 32.6 Å². The lowest BCUT2D eigenvalue weighted by atomic mass is 10.0. The second-order valence-electron chi connectivity index (χ2n) is 9.12. The number of sulfonamides is 1. The highest BCUT2D eigenvalue weighted by Gasteiger charge is 2.19. The van der Waals surface area contributed by atoms with Crippen LogP contribution >= 0.6 is 0 Å². The molecule has 1 aliphatic heterocycles. The summed E-state index contributed by atoms with van der Waals surface area (Å²) < 4.78 is 38.5. The maximum atomic E-state index is 12.4. The molecule has 3 aromatic rings. The number of nitrogens with zero attached hydrogens (tertiary/aromatic N) is 2. The number of allylic oxidation sites excluding steroid dienone is 1. The molecule has 0 amide bonds. The summed E-state index contributed by atoms with van der Waals surface area (Å²) in [5.41, 5.74) is 1.91. The molecule has 1 atom stereocenters. The van der Waals surface area contributed by atoms with Crippen LogP contribution in [0.1, 0.15) is 12.7 Å². The van der Waals surface area contributed by atoms with Crippen LogP contribution in [0, 0.1) is 17.2 Å². The van der Waals surface area contributed by atoms with Gasteiger partial charge in [0.15, 0.2) is 4.91 Å². The summed E-state index contributed by atoms with van der Waals surface area (Å²) in [4.78, 5) is 1.94. The molecule has 3 N–H and O–H groups in total. The van der Waals surface area contributed by atoms with E-state index in [1.165, 1.54) is 6.08 Å². The van der Waals surface area contributed by atoms with E-state index in [9.17, 15) is 13.7 Å². The number of ether oxygens (including phenoxy) is 1. The number of hydrogen-bond donors (Lipinski definition) is 3. The summed E-state index contributed by atoms with van der Waals surface area (Å²) in [6.07, 6.45) is 1.20. The molecule has 0 saturated carbocycles. The third-order valence-electron chi connectivity index (χ3n) is 6.22. The zero-order valence-corrected chi connectivity index (χ0v) is 21.6. The zero-order valence-electron chi connectivity index (χ0n) is 20.8. The first-order valence-electron chi connectivity index (χ1n) is 12.3. The van der Waals surface area contributed by atoms with Crippen molar-refractivity contribution in [2.45, 2.75) is 6.92 Å². The van der Waals surface area contributed by atoms with Crippen LogP contribution in [0.4, 0.5) is 5.69 Å². The lowest BCUT2D eigenvalue weighted by Gasteiger charge is -2.26. The molecule has 0 spiro atoms. The molecule has 9 nitrogen and oxygen atoms in total. The smallest absolute Gasteiger partial charge is 0.250 e. The Kier molecular flexibility index (Phi) is 8.97. The van der Waals surface area contributed by atoms with Gasteiger partial charge in [0, 0.05) is 56.7 Å². The average Bonchev–Trinajstić information content (AvgIpc) is 3.39. The van der Waals surface area contributed by atoms with Crippen molar-refractivity contribution in [3.63, 3.8) is 0 Å². The van der Waals surface area contributed by atoms with E-state index in [4.69, 9.17) is 14.3 Å². The van der Waals surface area contributed by atoms with Crippen molar-refractivity contribution in [3.8, 4) is 17.4 Å².